The number of carbonyl (C=O) groups excluding carboxylic acids is 1. The molecule has 2 aliphatic rings. The third kappa shape index (κ3) is 5.67. The van der Waals surface area contributed by atoms with Crippen LogP contribution in [0.3, 0.4) is 0 Å². The molecule has 5 aromatic rings. The summed E-state index contributed by atoms with van der Waals surface area (Å²) in [6.45, 7) is 3.69. The molecule has 230 valence electrons. The Kier molecular flexibility index (Phi) is 7.56. The molecule has 1 N–H and O–H groups in total. The number of pyridine rings is 2. The van der Waals surface area contributed by atoms with Gasteiger partial charge in [-0.2, -0.15) is 0 Å². The Balaban J connectivity index is 1.01. The standard InChI is InChI=1S/C34H33N5O6/c1-22-31(33(41)39(38(22)2)24-7-4-3-5-8-24)32(40)37-30-12-10-26(19-36-30)45-29-13-15-35-28-17-25(9-11-27(28)29)42-20-23-18-34(44-21-23)14-6-16-43-34/h3-5,7-13,15,17,19,23H,6,14,16,18,20-21H2,1-2H3,(H,36,37,40). The Morgan fingerprint density at radius 2 is 1.91 bits per heavy atom. The number of para-hydroxylation sites is 1. The number of nitrogens with one attached hydrogen (secondary N) is 1. The number of aromatic nitrogens is 4. The van der Waals surface area contributed by atoms with Crippen molar-refractivity contribution >= 4 is 22.6 Å². The van der Waals surface area contributed by atoms with E-state index in [0.717, 1.165) is 42.5 Å². The van der Waals surface area contributed by atoms with E-state index in [9.17, 15) is 9.59 Å². The molecule has 11 heteroatoms. The van der Waals surface area contributed by atoms with Crippen molar-refractivity contribution in [2.45, 2.75) is 32.0 Å². The summed E-state index contributed by atoms with van der Waals surface area (Å²) < 4.78 is 27.1. The summed E-state index contributed by atoms with van der Waals surface area (Å²) in [4.78, 5) is 35.2. The summed E-state index contributed by atoms with van der Waals surface area (Å²) >= 11 is 0. The maximum absolute atomic E-state index is 13.2. The zero-order valence-corrected chi connectivity index (χ0v) is 25.1. The van der Waals surface area contributed by atoms with Crippen LogP contribution in [0.15, 0.2) is 83.9 Å². The Bertz CT molecular complexity index is 1910. The Labute approximate surface area is 259 Å². The fraction of sp³-hybridized carbons (Fsp3) is 0.294. The van der Waals surface area contributed by atoms with Crippen LogP contribution in [0, 0.1) is 12.8 Å². The Morgan fingerprint density at radius 3 is 2.69 bits per heavy atom. The second kappa shape index (κ2) is 11.8. The molecule has 45 heavy (non-hydrogen) atoms. The monoisotopic (exact) mass is 607 g/mol. The van der Waals surface area contributed by atoms with Crippen LogP contribution in [-0.4, -0.2) is 50.8 Å². The number of ether oxygens (including phenoxy) is 4. The predicted molar refractivity (Wildman–Crippen MR) is 167 cm³/mol. The second-order valence-electron chi connectivity index (χ2n) is 11.4. The van der Waals surface area contributed by atoms with Crippen molar-refractivity contribution in [3.8, 4) is 22.9 Å². The van der Waals surface area contributed by atoms with Crippen LogP contribution >= 0.6 is 0 Å². The lowest BCUT2D eigenvalue weighted by atomic mass is 10.0. The minimum absolute atomic E-state index is 0.0541. The lowest BCUT2D eigenvalue weighted by molar-refractivity contribution is -0.178. The lowest BCUT2D eigenvalue weighted by Gasteiger charge is -2.21. The normalized spacial score (nSPS) is 19.3. The average molecular weight is 608 g/mol. The average Bonchev–Trinajstić information content (AvgIpc) is 3.75. The minimum atomic E-state index is -0.533. The first-order valence-electron chi connectivity index (χ1n) is 15.0. The van der Waals surface area contributed by atoms with Gasteiger partial charge in [-0.1, -0.05) is 18.2 Å². The molecule has 2 saturated heterocycles. The van der Waals surface area contributed by atoms with Crippen molar-refractivity contribution in [2.75, 3.05) is 25.1 Å². The van der Waals surface area contributed by atoms with Crippen LogP contribution in [0.1, 0.15) is 35.3 Å². The first-order chi connectivity index (χ1) is 21.9. The van der Waals surface area contributed by atoms with Crippen LogP contribution in [0.25, 0.3) is 16.6 Å². The fourth-order valence-electron chi connectivity index (χ4n) is 6.03. The molecule has 0 bridgehead atoms. The molecule has 3 aromatic heterocycles. The molecule has 0 radical (unpaired) electrons. The number of rotatable bonds is 8. The van der Waals surface area contributed by atoms with Gasteiger partial charge in [0.1, 0.15) is 28.6 Å². The van der Waals surface area contributed by atoms with E-state index in [1.165, 1.54) is 10.9 Å². The predicted octanol–water partition coefficient (Wildman–Crippen LogP) is 5.39. The van der Waals surface area contributed by atoms with Crippen LogP contribution in [0.2, 0.25) is 0 Å². The van der Waals surface area contributed by atoms with E-state index < -0.39 is 17.3 Å². The van der Waals surface area contributed by atoms with Crippen LogP contribution < -0.4 is 20.3 Å². The number of hydrogen-bond acceptors (Lipinski definition) is 8. The minimum Gasteiger partial charge on any atom is -0.493 e. The van der Waals surface area contributed by atoms with Crippen LogP contribution in [0.4, 0.5) is 5.82 Å². The molecule has 2 aliphatic heterocycles. The van der Waals surface area contributed by atoms with E-state index in [4.69, 9.17) is 18.9 Å². The summed E-state index contributed by atoms with van der Waals surface area (Å²) in [5.41, 5.74) is 1.60. The summed E-state index contributed by atoms with van der Waals surface area (Å²) in [6, 6.07) is 20.0. The summed E-state index contributed by atoms with van der Waals surface area (Å²) in [6.07, 6.45) is 6.04. The van der Waals surface area contributed by atoms with Crippen molar-refractivity contribution in [2.24, 2.45) is 13.0 Å². The number of hydrogen-bond donors (Lipinski definition) is 1. The van der Waals surface area contributed by atoms with E-state index in [0.29, 0.717) is 41.9 Å². The van der Waals surface area contributed by atoms with Gasteiger partial charge in [0.15, 0.2) is 5.79 Å². The number of carbonyl (C=O) groups is 1. The second-order valence-corrected chi connectivity index (χ2v) is 11.4. The van der Waals surface area contributed by atoms with Gasteiger partial charge in [0.05, 0.1) is 42.9 Å². The lowest BCUT2D eigenvalue weighted by Crippen LogP contribution is -2.26. The highest BCUT2D eigenvalue weighted by molar-refractivity contribution is 6.04. The molecule has 2 atom stereocenters. The summed E-state index contributed by atoms with van der Waals surface area (Å²) in [5.74, 6) is 1.45. The molecule has 2 unspecified atom stereocenters. The van der Waals surface area contributed by atoms with Crippen LogP contribution in [-0.2, 0) is 16.5 Å². The Hall–Kier alpha value is -5.00. The first-order valence-corrected chi connectivity index (χ1v) is 15.0. The number of nitrogens with zero attached hydrogens (tertiary/aromatic N) is 4. The third-order valence-electron chi connectivity index (χ3n) is 8.40. The van der Waals surface area contributed by atoms with Gasteiger partial charge >= 0.3 is 0 Å². The SMILES string of the molecule is Cc1c(C(=O)Nc2ccc(Oc3ccnc4cc(OCC5COC6(CCCO6)C5)ccc34)cn2)c(=O)n(-c2ccccc2)n1C. The maximum atomic E-state index is 13.2. The molecule has 1 spiro atoms. The zero-order chi connectivity index (χ0) is 31.0. The van der Waals surface area contributed by atoms with Gasteiger partial charge in [0.25, 0.3) is 11.5 Å². The number of fused-ring (bicyclic) bond motifs is 1. The first kappa shape index (κ1) is 28.8. The zero-order valence-electron chi connectivity index (χ0n) is 25.1. The number of benzene rings is 2. The van der Waals surface area contributed by atoms with Gasteiger partial charge in [-0.15, -0.1) is 0 Å². The van der Waals surface area contributed by atoms with Gasteiger partial charge in [-0.3, -0.25) is 19.3 Å². The fourth-order valence-corrected chi connectivity index (χ4v) is 6.03. The molecular formula is C34H33N5O6. The van der Waals surface area contributed by atoms with Gasteiger partial charge in [-0.05, 0) is 55.8 Å². The maximum Gasteiger partial charge on any atom is 0.284 e. The molecule has 2 fully saturated rings. The quantitative estimate of drug-likeness (QED) is 0.249. The summed E-state index contributed by atoms with van der Waals surface area (Å²) in [5, 5.41) is 3.55. The van der Waals surface area contributed by atoms with E-state index >= 15 is 0 Å². The Morgan fingerprint density at radius 1 is 1.07 bits per heavy atom. The highest BCUT2D eigenvalue weighted by Crippen LogP contribution is 2.39. The van der Waals surface area contributed by atoms with Gasteiger partial charge in [-0.25, -0.2) is 9.67 Å². The molecule has 11 nitrogen and oxygen atoms in total. The van der Waals surface area contributed by atoms with Crippen molar-refractivity contribution in [3.63, 3.8) is 0 Å². The topological polar surface area (TPSA) is 119 Å². The van der Waals surface area contributed by atoms with Crippen molar-refractivity contribution in [3.05, 3.63) is 101 Å². The molecule has 0 saturated carbocycles. The molecule has 0 aliphatic carbocycles. The molecule has 1 amide bonds. The highest BCUT2D eigenvalue weighted by Gasteiger charge is 2.44. The van der Waals surface area contributed by atoms with E-state index in [2.05, 4.69) is 15.3 Å². The smallest absolute Gasteiger partial charge is 0.284 e. The highest BCUT2D eigenvalue weighted by atomic mass is 16.7. The molecule has 2 aromatic carbocycles. The molecular weight excluding hydrogens is 574 g/mol. The van der Waals surface area contributed by atoms with Crippen LogP contribution in [0.5, 0.6) is 17.2 Å². The van der Waals surface area contributed by atoms with Gasteiger partial charge in [0, 0.05) is 43.5 Å². The van der Waals surface area contributed by atoms with Gasteiger partial charge in [0.2, 0.25) is 0 Å². The van der Waals surface area contributed by atoms with E-state index in [1.54, 1.807) is 43.0 Å². The number of amides is 1. The molecule has 7 rings (SSSR count). The molecule has 5 heterocycles. The third-order valence-corrected chi connectivity index (χ3v) is 8.40. The largest absolute Gasteiger partial charge is 0.493 e. The van der Waals surface area contributed by atoms with Crippen molar-refractivity contribution < 1.29 is 23.7 Å². The van der Waals surface area contributed by atoms with E-state index in [1.807, 2.05) is 48.5 Å². The van der Waals surface area contributed by atoms with Crippen molar-refractivity contribution in [1.29, 1.82) is 0 Å². The number of anilines is 1. The van der Waals surface area contributed by atoms with E-state index in [-0.39, 0.29) is 11.5 Å². The van der Waals surface area contributed by atoms with Gasteiger partial charge < -0.3 is 24.3 Å². The van der Waals surface area contributed by atoms with Crippen molar-refractivity contribution in [1.82, 2.24) is 19.3 Å². The summed E-state index contributed by atoms with van der Waals surface area (Å²) in [7, 11) is 1.74.